The number of hydrogen-bond acceptors (Lipinski definition) is 4. The molecule has 2 rings (SSSR count). The van der Waals surface area contributed by atoms with Gasteiger partial charge < -0.3 is 5.32 Å². The smallest absolute Gasteiger partial charge is 0.0795 e. The van der Waals surface area contributed by atoms with Crippen molar-refractivity contribution < 1.29 is 0 Å². The first kappa shape index (κ1) is 16.1. The fourth-order valence-corrected chi connectivity index (χ4v) is 2.94. The molecular formula is C17H25N3S. The van der Waals surface area contributed by atoms with Gasteiger partial charge in [0.25, 0.3) is 0 Å². The summed E-state index contributed by atoms with van der Waals surface area (Å²) >= 11 is 1.66. The second-order valence-corrected chi connectivity index (χ2v) is 6.59. The topological polar surface area (TPSA) is 28.2 Å². The van der Waals surface area contributed by atoms with Crippen molar-refractivity contribution in [2.45, 2.75) is 26.4 Å². The van der Waals surface area contributed by atoms with Crippen molar-refractivity contribution >= 4 is 11.3 Å². The summed E-state index contributed by atoms with van der Waals surface area (Å²) in [6.45, 7) is 7.37. The van der Waals surface area contributed by atoms with Crippen molar-refractivity contribution in [3.05, 3.63) is 52.5 Å². The highest BCUT2D eigenvalue weighted by Crippen LogP contribution is 2.20. The summed E-state index contributed by atoms with van der Waals surface area (Å²) < 4.78 is 0. The fraction of sp³-hybridized carbons (Fsp3) is 0.471. The number of rotatable bonds is 8. The monoisotopic (exact) mass is 303 g/mol. The largest absolute Gasteiger partial charge is 0.315 e. The zero-order valence-electron chi connectivity index (χ0n) is 13.1. The van der Waals surface area contributed by atoms with E-state index in [0.717, 1.165) is 25.3 Å². The van der Waals surface area contributed by atoms with Crippen molar-refractivity contribution in [1.82, 2.24) is 15.2 Å². The molecule has 1 N–H and O–H groups in total. The third-order valence-corrected chi connectivity index (χ3v) is 4.14. The summed E-state index contributed by atoms with van der Waals surface area (Å²) in [5.74, 6) is 0.672. The average molecular weight is 303 g/mol. The molecule has 1 aromatic carbocycles. The predicted molar refractivity (Wildman–Crippen MR) is 90.5 cm³/mol. The van der Waals surface area contributed by atoms with E-state index in [1.54, 1.807) is 11.3 Å². The zero-order chi connectivity index (χ0) is 15.1. The van der Waals surface area contributed by atoms with Gasteiger partial charge >= 0.3 is 0 Å². The normalized spacial score (nSPS) is 13.0. The number of nitrogens with one attached hydrogen (secondary N) is 1. The minimum Gasteiger partial charge on any atom is -0.315 e. The fourth-order valence-electron chi connectivity index (χ4n) is 2.39. The van der Waals surface area contributed by atoms with Crippen molar-refractivity contribution in [2.75, 3.05) is 20.1 Å². The van der Waals surface area contributed by atoms with Crippen LogP contribution in [-0.2, 0) is 6.54 Å². The van der Waals surface area contributed by atoms with E-state index >= 15 is 0 Å². The molecule has 21 heavy (non-hydrogen) atoms. The van der Waals surface area contributed by atoms with Crippen molar-refractivity contribution in [3.63, 3.8) is 0 Å². The summed E-state index contributed by atoms with van der Waals surface area (Å²) in [5, 5.41) is 5.71. The molecule has 0 aliphatic heterocycles. The van der Waals surface area contributed by atoms with Crippen LogP contribution in [0.5, 0.6) is 0 Å². The van der Waals surface area contributed by atoms with E-state index in [-0.39, 0.29) is 0 Å². The molecule has 0 saturated carbocycles. The minimum atomic E-state index is 0.367. The Kier molecular flexibility index (Phi) is 6.36. The summed E-state index contributed by atoms with van der Waals surface area (Å²) in [4.78, 5) is 6.77. The van der Waals surface area contributed by atoms with Gasteiger partial charge in [-0.25, -0.2) is 4.98 Å². The molecule has 0 saturated heterocycles. The highest BCUT2D eigenvalue weighted by Gasteiger charge is 2.17. The van der Waals surface area contributed by atoms with Crippen LogP contribution >= 0.6 is 11.3 Å². The first-order valence-electron chi connectivity index (χ1n) is 7.49. The van der Waals surface area contributed by atoms with Crippen LogP contribution in [0, 0.1) is 5.92 Å². The quantitative estimate of drug-likeness (QED) is 0.808. The van der Waals surface area contributed by atoms with Gasteiger partial charge in [0, 0.05) is 24.5 Å². The maximum Gasteiger partial charge on any atom is 0.0795 e. The van der Waals surface area contributed by atoms with E-state index in [1.807, 2.05) is 5.51 Å². The van der Waals surface area contributed by atoms with Gasteiger partial charge in [-0.2, -0.15) is 0 Å². The van der Waals surface area contributed by atoms with Crippen LogP contribution in [0.2, 0.25) is 0 Å². The van der Waals surface area contributed by atoms with E-state index in [2.05, 4.69) is 71.8 Å². The van der Waals surface area contributed by atoms with Gasteiger partial charge in [0.1, 0.15) is 0 Å². The Morgan fingerprint density at radius 3 is 2.57 bits per heavy atom. The second kappa shape index (κ2) is 8.27. The number of nitrogens with zero attached hydrogens (tertiary/aromatic N) is 2. The Balaban J connectivity index is 2.03. The van der Waals surface area contributed by atoms with Gasteiger partial charge in [-0.1, -0.05) is 44.2 Å². The summed E-state index contributed by atoms with van der Waals surface area (Å²) in [7, 11) is 2.17. The van der Waals surface area contributed by atoms with Gasteiger partial charge in [0.05, 0.1) is 11.2 Å². The maximum absolute atomic E-state index is 4.40. The van der Waals surface area contributed by atoms with Gasteiger partial charge in [0.15, 0.2) is 0 Å². The van der Waals surface area contributed by atoms with E-state index in [4.69, 9.17) is 0 Å². The number of likely N-dealkylation sites (N-methyl/N-ethyl adjacent to an activating group) is 1. The van der Waals surface area contributed by atoms with E-state index in [9.17, 15) is 0 Å². The van der Waals surface area contributed by atoms with Crippen LogP contribution in [-0.4, -0.2) is 30.0 Å². The van der Waals surface area contributed by atoms with Crippen molar-refractivity contribution in [3.8, 4) is 0 Å². The summed E-state index contributed by atoms with van der Waals surface area (Å²) in [6.07, 6.45) is 0. The van der Waals surface area contributed by atoms with E-state index < -0.39 is 0 Å². The van der Waals surface area contributed by atoms with Gasteiger partial charge in [-0.15, -0.1) is 11.3 Å². The van der Waals surface area contributed by atoms with E-state index in [0.29, 0.717) is 12.0 Å². The first-order chi connectivity index (χ1) is 10.2. The highest BCUT2D eigenvalue weighted by atomic mass is 32.1. The SMILES string of the molecule is CC(C)CNCC(c1ccccc1)N(C)Cc1cscn1. The third-order valence-electron chi connectivity index (χ3n) is 3.50. The van der Waals surface area contributed by atoms with Crippen LogP contribution in [0.1, 0.15) is 31.1 Å². The van der Waals surface area contributed by atoms with Gasteiger partial charge in [-0.05, 0) is 25.1 Å². The molecule has 0 spiro atoms. The van der Waals surface area contributed by atoms with Crippen molar-refractivity contribution in [2.24, 2.45) is 5.92 Å². The number of hydrogen-bond donors (Lipinski definition) is 1. The molecular weight excluding hydrogens is 278 g/mol. The van der Waals surface area contributed by atoms with Crippen LogP contribution in [0.4, 0.5) is 0 Å². The van der Waals surface area contributed by atoms with Gasteiger partial charge in [-0.3, -0.25) is 4.90 Å². The molecule has 4 heteroatoms. The molecule has 1 unspecified atom stereocenters. The molecule has 114 valence electrons. The molecule has 0 aliphatic carbocycles. The van der Waals surface area contributed by atoms with Crippen LogP contribution in [0.25, 0.3) is 0 Å². The van der Waals surface area contributed by atoms with Crippen molar-refractivity contribution in [1.29, 1.82) is 0 Å². The molecule has 3 nitrogen and oxygen atoms in total. The zero-order valence-corrected chi connectivity index (χ0v) is 13.9. The summed E-state index contributed by atoms with van der Waals surface area (Å²) in [5.41, 5.74) is 4.40. The molecule has 1 aromatic heterocycles. The standard InChI is InChI=1S/C17H25N3S/c1-14(2)9-18-10-17(15-7-5-4-6-8-15)20(3)11-16-12-21-13-19-16/h4-8,12-14,17-18H,9-11H2,1-3H3. The summed E-state index contributed by atoms with van der Waals surface area (Å²) in [6, 6.07) is 11.1. The number of aromatic nitrogens is 1. The number of thiazole rings is 1. The Labute approximate surface area is 132 Å². The van der Waals surface area contributed by atoms with Crippen LogP contribution in [0.15, 0.2) is 41.2 Å². The lowest BCUT2D eigenvalue weighted by Gasteiger charge is -2.28. The Hall–Kier alpha value is -1.23. The molecule has 0 amide bonds. The Morgan fingerprint density at radius 2 is 1.95 bits per heavy atom. The Morgan fingerprint density at radius 1 is 1.19 bits per heavy atom. The lowest BCUT2D eigenvalue weighted by Crippen LogP contribution is -2.34. The van der Waals surface area contributed by atoms with Crippen LogP contribution in [0.3, 0.4) is 0 Å². The number of benzene rings is 1. The van der Waals surface area contributed by atoms with Crippen LogP contribution < -0.4 is 5.32 Å². The average Bonchev–Trinajstić information content (AvgIpc) is 2.97. The predicted octanol–water partition coefficient (Wildman–Crippen LogP) is 3.56. The first-order valence-corrected chi connectivity index (χ1v) is 8.44. The highest BCUT2D eigenvalue weighted by molar-refractivity contribution is 7.07. The third kappa shape index (κ3) is 5.23. The van der Waals surface area contributed by atoms with Gasteiger partial charge in [0.2, 0.25) is 0 Å². The molecule has 2 aromatic rings. The molecule has 0 radical (unpaired) electrons. The molecule has 0 fully saturated rings. The Bertz CT molecular complexity index is 496. The van der Waals surface area contributed by atoms with E-state index in [1.165, 1.54) is 5.56 Å². The molecule has 0 bridgehead atoms. The maximum atomic E-state index is 4.40. The molecule has 1 heterocycles. The lowest BCUT2D eigenvalue weighted by atomic mass is 10.1. The minimum absolute atomic E-state index is 0.367. The second-order valence-electron chi connectivity index (χ2n) is 5.87. The molecule has 0 aliphatic rings. The lowest BCUT2D eigenvalue weighted by molar-refractivity contribution is 0.226. The molecule has 1 atom stereocenters.